The summed E-state index contributed by atoms with van der Waals surface area (Å²) in [5.74, 6) is -1.77. The van der Waals surface area contributed by atoms with Gasteiger partial charge in [-0.3, -0.25) is 19.9 Å². The van der Waals surface area contributed by atoms with Gasteiger partial charge in [0.2, 0.25) is 0 Å². The molecule has 0 saturated carbocycles. The number of nitrogens with one attached hydrogen (secondary N) is 1. The largest absolute Gasteiger partial charge is 0.481 e. The van der Waals surface area contributed by atoms with Gasteiger partial charge in [-0.25, -0.2) is 15.0 Å². The highest BCUT2D eigenvalue weighted by molar-refractivity contribution is 7.15. The van der Waals surface area contributed by atoms with Crippen molar-refractivity contribution in [3.8, 4) is 10.6 Å². The maximum atomic E-state index is 12.2. The molecule has 35 heavy (non-hydrogen) atoms. The van der Waals surface area contributed by atoms with Gasteiger partial charge in [-0.2, -0.15) is 0 Å². The maximum Gasteiger partial charge on any atom is 0.303 e. The summed E-state index contributed by atoms with van der Waals surface area (Å²) in [7, 11) is 0. The lowest BCUT2D eigenvalue weighted by molar-refractivity contribution is -0.136. The monoisotopic (exact) mass is 516 g/mol. The highest BCUT2D eigenvalue weighted by Crippen LogP contribution is 2.26. The minimum absolute atomic E-state index is 0.0559. The van der Waals surface area contributed by atoms with Crippen molar-refractivity contribution in [3.63, 3.8) is 0 Å². The molecule has 0 fully saturated rings. The molecule has 2 aromatic heterocycles. The number of aliphatic imine (C=N–C) groups is 1. The number of nitrogens with zero attached hydrogens (tertiary/aromatic N) is 4. The zero-order valence-corrected chi connectivity index (χ0v) is 20.3. The number of rotatable bonds is 10. The fourth-order valence-electron chi connectivity index (χ4n) is 3.06. The number of hydrogen-bond acceptors (Lipinski definition) is 9. The third-order valence-electron chi connectivity index (χ3n) is 4.86. The van der Waals surface area contributed by atoms with Crippen LogP contribution >= 0.6 is 22.9 Å². The number of amides is 1. The number of carboxylic acids is 1. The summed E-state index contributed by atoms with van der Waals surface area (Å²) >= 11 is 7.29. The van der Waals surface area contributed by atoms with E-state index in [9.17, 15) is 9.59 Å². The quantitative estimate of drug-likeness (QED) is 0.153. The molecule has 0 spiro atoms. The number of carbonyl (C=O) groups is 2. The number of aryl methyl sites for hydroxylation is 2. The van der Waals surface area contributed by atoms with Gasteiger partial charge < -0.3 is 22.3 Å². The zero-order chi connectivity index (χ0) is 25.4. The highest BCUT2D eigenvalue weighted by atomic mass is 35.5. The molecule has 0 radical (unpaired) electrons. The van der Waals surface area contributed by atoms with Crippen LogP contribution < -0.4 is 22.5 Å². The number of guanidine groups is 1. The van der Waals surface area contributed by atoms with Crippen LogP contribution in [0.2, 0.25) is 5.15 Å². The molecule has 1 aromatic carbocycles. The van der Waals surface area contributed by atoms with Gasteiger partial charge in [0, 0.05) is 23.2 Å². The second-order valence-electron chi connectivity index (χ2n) is 7.53. The van der Waals surface area contributed by atoms with Crippen molar-refractivity contribution in [2.45, 2.75) is 32.1 Å². The van der Waals surface area contributed by atoms with E-state index in [1.165, 1.54) is 16.9 Å². The molecule has 0 unspecified atom stereocenters. The van der Waals surface area contributed by atoms with Gasteiger partial charge in [-0.1, -0.05) is 35.9 Å². The molecule has 0 aliphatic heterocycles. The van der Waals surface area contributed by atoms with Crippen molar-refractivity contribution in [3.05, 3.63) is 51.7 Å². The number of thiazole rings is 1. The molecule has 0 atom stereocenters. The van der Waals surface area contributed by atoms with Crippen molar-refractivity contribution in [1.29, 1.82) is 0 Å². The number of aliphatic carboxylic acids is 1. The molecule has 0 saturated heterocycles. The molecular weight excluding hydrogens is 492 g/mol. The van der Waals surface area contributed by atoms with Crippen LogP contribution in [0.4, 0.5) is 11.6 Å². The third-order valence-corrected chi connectivity index (χ3v) is 6.24. The first-order chi connectivity index (χ1) is 16.7. The van der Waals surface area contributed by atoms with Crippen molar-refractivity contribution < 1.29 is 14.7 Å². The number of unbranched alkanes of at least 4 members (excludes halogenated alkanes) is 1. The van der Waals surface area contributed by atoms with E-state index in [2.05, 4.69) is 37.4 Å². The lowest BCUT2D eigenvalue weighted by atomic mass is 10.1. The number of carboxylic acid groups (broad SMARTS) is 1. The van der Waals surface area contributed by atoms with E-state index in [0.717, 1.165) is 34.7 Å². The van der Waals surface area contributed by atoms with Crippen LogP contribution in [-0.4, -0.2) is 44.4 Å². The van der Waals surface area contributed by atoms with Gasteiger partial charge in [-0.05, 0) is 31.2 Å². The molecule has 184 valence electrons. The zero-order valence-electron chi connectivity index (χ0n) is 18.7. The second kappa shape index (κ2) is 12.1. The van der Waals surface area contributed by atoms with Gasteiger partial charge in [0.25, 0.3) is 5.91 Å². The summed E-state index contributed by atoms with van der Waals surface area (Å²) in [6, 6.07) is 8.13. The number of nitrogen functional groups attached to an aromatic ring is 2. The number of nitrogens with two attached hydrogens (primary N) is 3. The van der Waals surface area contributed by atoms with Crippen LogP contribution in [0.25, 0.3) is 10.6 Å². The fourth-order valence-corrected chi connectivity index (χ4v) is 4.11. The van der Waals surface area contributed by atoms with E-state index < -0.39 is 11.9 Å². The molecule has 13 heteroatoms. The summed E-state index contributed by atoms with van der Waals surface area (Å²) in [5.41, 5.74) is 18.9. The SMILES string of the molecule is NC(=NCCCCc1ccc(-c2ncc(CCC(=O)O)s2)cc1)NC(=O)c1nc(Cl)c(N)nc1N. The second-order valence-corrected chi connectivity index (χ2v) is 9.01. The first-order valence-corrected chi connectivity index (χ1v) is 11.9. The standard InChI is InChI=1S/C22H25ClN8O3S/c23-17-19(25)30-18(24)16(29-17)20(34)31-22(26)27-10-2-1-3-12-4-6-13(7-5-12)21-28-11-14(35-21)8-9-15(32)33/h4-7,11H,1-3,8-10H2,(H,32,33)(H4,24,25,30)(H3,26,27,31,34). The minimum Gasteiger partial charge on any atom is -0.481 e. The number of anilines is 2. The summed E-state index contributed by atoms with van der Waals surface area (Å²) in [6.07, 6.45) is 4.83. The minimum atomic E-state index is -0.814. The molecule has 11 nitrogen and oxygen atoms in total. The average molecular weight is 517 g/mol. The lowest BCUT2D eigenvalue weighted by Crippen LogP contribution is -2.38. The van der Waals surface area contributed by atoms with E-state index in [4.69, 9.17) is 33.9 Å². The number of aromatic nitrogens is 3. The number of carbonyl (C=O) groups excluding carboxylic acids is 1. The first kappa shape index (κ1) is 25.8. The normalized spacial score (nSPS) is 11.4. The van der Waals surface area contributed by atoms with E-state index in [1.54, 1.807) is 6.20 Å². The number of hydrogen-bond donors (Lipinski definition) is 5. The average Bonchev–Trinajstić information content (AvgIpc) is 3.29. The Kier molecular flexibility index (Phi) is 8.92. The van der Waals surface area contributed by atoms with E-state index in [0.29, 0.717) is 13.0 Å². The highest BCUT2D eigenvalue weighted by Gasteiger charge is 2.16. The van der Waals surface area contributed by atoms with Crippen LogP contribution in [0, 0.1) is 0 Å². The molecule has 8 N–H and O–H groups in total. The molecule has 2 heterocycles. The molecule has 3 aromatic rings. The Bertz CT molecular complexity index is 1230. The van der Waals surface area contributed by atoms with Gasteiger partial charge in [0.05, 0.1) is 6.42 Å². The number of benzene rings is 1. The van der Waals surface area contributed by atoms with Gasteiger partial charge >= 0.3 is 5.97 Å². The summed E-state index contributed by atoms with van der Waals surface area (Å²) in [6.45, 7) is 0.437. The Morgan fingerprint density at radius 2 is 1.83 bits per heavy atom. The van der Waals surface area contributed by atoms with Crippen molar-refractivity contribution in [2.75, 3.05) is 18.0 Å². The fraction of sp³-hybridized carbons (Fsp3) is 0.273. The Balaban J connectivity index is 1.42. The van der Waals surface area contributed by atoms with E-state index >= 15 is 0 Å². The summed E-state index contributed by atoms with van der Waals surface area (Å²) in [4.78, 5) is 40.0. The topological polar surface area (TPSA) is 195 Å². The summed E-state index contributed by atoms with van der Waals surface area (Å²) in [5, 5.41) is 12.0. The Morgan fingerprint density at radius 3 is 2.54 bits per heavy atom. The Morgan fingerprint density at radius 1 is 1.09 bits per heavy atom. The molecule has 0 aliphatic carbocycles. The Hall–Kier alpha value is -3.77. The van der Waals surface area contributed by atoms with E-state index in [1.807, 2.05) is 12.1 Å². The molecule has 3 rings (SSSR count). The van der Waals surface area contributed by atoms with Crippen molar-refractivity contribution in [1.82, 2.24) is 20.3 Å². The third kappa shape index (κ3) is 7.62. The van der Waals surface area contributed by atoms with Gasteiger partial charge in [-0.15, -0.1) is 11.3 Å². The lowest BCUT2D eigenvalue weighted by Gasteiger charge is -2.07. The first-order valence-electron chi connectivity index (χ1n) is 10.7. The predicted octanol–water partition coefficient (Wildman–Crippen LogP) is 2.50. The molecule has 0 aliphatic rings. The van der Waals surface area contributed by atoms with Crippen LogP contribution in [0.15, 0.2) is 35.5 Å². The van der Waals surface area contributed by atoms with Crippen molar-refractivity contribution >= 4 is 52.4 Å². The van der Waals surface area contributed by atoms with Crippen LogP contribution in [0.1, 0.15) is 40.2 Å². The van der Waals surface area contributed by atoms with Gasteiger partial charge in [0.15, 0.2) is 28.4 Å². The summed E-state index contributed by atoms with van der Waals surface area (Å²) < 4.78 is 0. The Labute approximate surface area is 210 Å². The van der Waals surface area contributed by atoms with Crippen LogP contribution in [-0.2, 0) is 17.6 Å². The van der Waals surface area contributed by atoms with Crippen LogP contribution in [0.3, 0.4) is 0 Å². The van der Waals surface area contributed by atoms with E-state index in [-0.39, 0.29) is 34.9 Å². The van der Waals surface area contributed by atoms with Crippen LogP contribution in [0.5, 0.6) is 0 Å². The smallest absolute Gasteiger partial charge is 0.303 e. The molecule has 0 bridgehead atoms. The van der Waals surface area contributed by atoms with Crippen molar-refractivity contribution in [2.24, 2.45) is 10.7 Å². The molecule has 1 amide bonds. The predicted molar refractivity (Wildman–Crippen MR) is 136 cm³/mol. The number of halogens is 1. The van der Waals surface area contributed by atoms with Gasteiger partial charge in [0.1, 0.15) is 5.01 Å². The molecular formula is C22H25ClN8O3S. The maximum absolute atomic E-state index is 12.2.